The molecule has 0 fully saturated rings. The van der Waals surface area contributed by atoms with Crippen LogP contribution in [0.4, 0.5) is 13.2 Å². The van der Waals surface area contributed by atoms with Crippen LogP contribution in [0.5, 0.6) is 11.5 Å². The molecule has 0 atom stereocenters. The van der Waals surface area contributed by atoms with Crippen LogP contribution in [0.15, 0.2) is 47.4 Å². The van der Waals surface area contributed by atoms with E-state index in [-0.39, 0.29) is 17.0 Å². The zero-order valence-electron chi connectivity index (χ0n) is 13.8. The summed E-state index contributed by atoms with van der Waals surface area (Å²) in [6, 6.07) is 10.3. The van der Waals surface area contributed by atoms with E-state index in [1.165, 1.54) is 0 Å². The Morgan fingerprint density at radius 3 is 2.36 bits per heavy atom. The fraction of sp³-hybridized carbons (Fsp3) is 0. The minimum absolute atomic E-state index is 0.109. The lowest BCUT2D eigenvalue weighted by Gasteiger charge is -2.24. The molecule has 2 heterocycles. The Labute approximate surface area is 153 Å². The molecule has 1 aliphatic rings. The largest absolute Gasteiger partial charge is 0.477 e. The maximum atomic E-state index is 14.4. The van der Waals surface area contributed by atoms with Crippen LogP contribution in [0.3, 0.4) is 0 Å². The number of halogens is 3. The predicted molar refractivity (Wildman–Crippen MR) is 94.0 cm³/mol. The van der Waals surface area contributed by atoms with Gasteiger partial charge in [0.2, 0.25) is 11.2 Å². The molecule has 0 amide bonds. The van der Waals surface area contributed by atoms with E-state index in [9.17, 15) is 27.9 Å². The van der Waals surface area contributed by atoms with E-state index in [2.05, 4.69) is 0 Å². The van der Waals surface area contributed by atoms with Crippen LogP contribution < -0.4 is 10.2 Å². The molecule has 0 saturated carbocycles. The second-order valence-corrected chi connectivity index (χ2v) is 6.31. The van der Waals surface area contributed by atoms with Crippen molar-refractivity contribution in [3.8, 4) is 17.2 Å². The Hall–Kier alpha value is -3.81. The van der Waals surface area contributed by atoms with Crippen LogP contribution in [0.1, 0.15) is 10.4 Å². The minimum Gasteiger partial charge on any atom is -0.477 e. The highest BCUT2D eigenvalue weighted by atomic mass is 19.2. The number of aromatic carboxylic acids is 1. The summed E-state index contributed by atoms with van der Waals surface area (Å²) >= 11 is 0. The Balaban J connectivity index is 2.04. The molecule has 0 spiro atoms. The molecule has 3 aromatic carbocycles. The number of pyridine rings is 1. The van der Waals surface area contributed by atoms with Crippen LogP contribution >= 0.6 is 0 Å². The van der Waals surface area contributed by atoms with Crippen LogP contribution in [0.2, 0.25) is 0 Å². The van der Waals surface area contributed by atoms with Crippen molar-refractivity contribution in [2.45, 2.75) is 0 Å². The molecule has 138 valence electrons. The Kier molecular flexibility index (Phi) is 3.13. The fourth-order valence-corrected chi connectivity index (χ4v) is 3.47. The number of carbonyl (C=O) groups is 1. The first-order valence-corrected chi connectivity index (χ1v) is 8.08. The third kappa shape index (κ3) is 1.97. The lowest BCUT2D eigenvalue weighted by Crippen LogP contribution is -2.22. The van der Waals surface area contributed by atoms with Gasteiger partial charge in [0.1, 0.15) is 11.1 Å². The first-order valence-electron chi connectivity index (χ1n) is 8.08. The Bertz CT molecular complexity index is 1430. The molecule has 4 aromatic rings. The number of hydrogen-bond acceptors (Lipinski definition) is 3. The highest BCUT2D eigenvalue weighted by Crippen LogP contribution is 2.44. The molecule has 5 rings (SSSR count). The quantitative estimate of drug-likeness (QED) is 0.437. The van der Waals surface area contributed by atoms with Crippen molar-refractivity contribution in [1.82, 2.24) is 4.57 Å². The zero-order valence-corrected chi connectivity index (χ0v) is 13.8. The number of rotatable bonds is 1. The average molecular weight is 383 g/mol. The van der Waals surface area contributed by atoms with Gasteiger partial charge in [-0.2, -0.15) is 4.39 Å². The van der Waals surface area contributed by atoms with Gasteiger partial charge in [-0.05, 0) is 22.9 Å². The molecule has 0 unspecified atom stereocenters. The number of ether oxygens (including phenoxy) is 1. The van der Waals surface area contributed by atoms with E-state index in [0.717, 1.165) is 21.5 Å². The molecule has 8 heteroatoms. The first kappa shape index (κ1) is 16.4. The van der Waals surface area contributed by atoms with Crippen molar-refractivity contribution in [2.24, 2.45) is 0 Å². The standard InChI is InChI=1S/C20H8F3NO4/c21-14-13-17-19(16(23)15(14)22)28-12-6-9-4-2-1-3-8(9)5-11(12)24(17)7-10(18(13)25)20(26)27/h1-7H,(H,26,27). The van der Waals surface area contributed by atoms with E-state index < -0.39 is 45.5 Å². The van der Waals surface area contributed by atoms with Gasteiger partial charge in [0.15, 0.2) is 23.1 Å². The Morgan fingerprint density at radius 2 is 1.68 bits per heavy atom. The van der Waals surface area contributed by atoms with E-state index in [0.29, 0.717) is 0 Å². The van der Waals surface area contributed by atoms with Crippen molar-refractivity contribution in [3.05, 3.63) is 75.8 Å². The van der Waals surface area contributed by atoms with E-state index in [4.69, 9.17) is 4.74 Å². The maximum absolute atomic E-state index is 14.4. The lowest BCUT2D eigenvalue weighted by atomic mass is 10.0. The molecule has 1 aromatic heterocycles. The summed E-state index contributed by atoms with van der Waals surface area (Å²) in [6.07, 6.45) is 0.962. The lowest BCUT2D eigenvalue weighted by molar-refractivity contribution is 0.0695. The number of carboxylic acid groups (broad SMARTS) is 1. The number of nitrogens with zero attached hydrogens (tertiary/aromatic N) is 1. The van der Waals surface area contributed by atoms with Gasteiger partial charge in [-0.1, -0.05) is 24.3 Å². The van der Waals surface area contributed by atoms with Crippen molar-refractivity contribution in [3.63, 3.8) is 0 Å². The summed E-state index contributed by atoms with van der Waals surface area (Å²) in [5.41, 5.74) is -2.13. The second kappa shape index (κ2) is 5.35. The summed E-state index contributed by atoms with van der Waals surface area (Å²) in [5, 5.41) is 9.94. The van der Waals surface area contributed by atoms with E-state index in [1.54, 1.807) is 36.4 Å². The molecular weight excluding hydrogens is 375 g/mol. The first-order chi connectivity index (χ1) is 13.4. The van der Waals surface area contributed by atoms with Crippen LogP contribution in [0.25, 0.3) is 27.4 Å². The summed E-state index contributed by atoms with van der Waals surface area (Å²) in [7, 11) is 0. The monoisotopic (exact) mass is 383 g/mol. The SMILES string of the molecule is O=C(O)c1cn2c3c(c(F)c(F)c(F)c3c1=O)Oc1cc3ccccc3cc1-2. The predicted octanol–water partition coefficient (Wildman–Crippen LogP) is 4.37. The molecule has 1 aliphatic heterocycles. The van der Waals surface area contributed by atoms with Gasteiger partial charge in [-0.25, -0.2) is 13.6 Å². The fourth-order valence-electron chi connectivity index (χ4n) is 3.47. The third-order valence-electron chi connectivity index (χ3n) is 4.76. The molecule has 28 heavy (non-hydrogen) atoms. The van der Waals surface area contributed by atoms with Gasteiger partial charge in [0.25, 0.3) is 0 Å². The topological polar surface area (TPSA) is 68.5 Å². The maximum Gasteiger partial charge on any atom is 0.341 e. The molecule has 5 nitrogen and oxygen atoms in total. The normalized spacial score (nSPS) is 12.1. The van der Waals surface area contributed by atoms with Gasteiger partial charge in [-0.15, -0.1) is 0 Å². The van der Waals surface area contributed by atoms with Crippen molar-refractivity contribution < 1.29 is 27.8 Å². The summed E-state index contributed by atoms with van der Waals surface area (Å²) in [5.74, 6) is -7.44. The van der Waals surface area contributed by atoms with Gasteiger partial charge >= 0.3 is 5.97 Å². The van der Waals surface area contributed by atoms with E-state index >= 15 is 0 Å². The number of benzene rings is 3. The zero-order chi connectivity index (χ0) is 19.7. The highest BCUT2D eigenvalue weighted by molar-refractivity contribution is 5.98. The summed E-state index contributed by atoms with van der Waals surface area (Å²) < 4.78 is 49.6. The van der Waals surface area contributed by atoms with Gasteiger partial charge in [0.05, 0.1) is 11.1 Å². The molecule has 0 aliphatic carbocycles. The number of hydrogen-bond donors (Lipinski definition) is 1. The highest BCUT2D eigenvalue weighted by Gasteiger charge is 2.32. The molecule has 0 radical (unpaired) electrons. The Morgan fingerprint density at radius 1 is 1.00 bits per heavy atom. The second-order valence-electron chi connectivity index (χ2n) is 6.31. The van der Waals surface area contributed by atoms with Crippen LogP contribution in [-0.4, -0.2) is 15.6 Å². The van der Waals surface area contributed by atoms with Crippen molar-refractivity contribution >= 4 is 27.6 Å². The van der Waals surface area contributed by atoms with E-state index in [1.807, 2.05) is 0 Å². The molecule has 0 saturated heterocycles. The molecule has 1 N–H and O–H groups in total. The third-order valence-corrected chi connectivity index (χ3v) is 4.76. The van der Waals surface area contributed by atoms with Gasteiger partial charge in [0, 0.05) is 6.20 Å². The number of carboxylic acids is 1. The number of aromatic nitrogens is 1. The smallest absolute Gasteiger partial charge is 0.341 e. The molecular formula is C20H8F3NO4. The average Bonchev–Trinajstić information content (AvgIpc) is 2.68. The van der Waals surface area contributed by atoms with Gasteiger partial charge in [-0.3, -0.25) is 4.79 Å². The minimum atomic E-state index is -1.90. The molecule has 0 bridgehead atoms. The summed E-state index contributed by atoms with van der Waals surface area (Å²) in [6.45, 7) is 0. The van der Waals surface area contributed by atoms with Crippen molar-refractivity contribution in [1.29, 1.82) is 0 Å². The van der Waals surface area contributed by atoms with Crippen molar-refractivity contribution in [2.75, 3.05) is 0 Å². The van der Waals surface area contributed by atoms with Crippen LogP contribution in [0, 0.1) is 17.5 Å². The summed E-state index contributed by atoms with van der Waals surface area (Å²) in [4.78, 5) is 23.9. The van der Waals surface area contributed by atoms with Crippen LogP contribution in [-0.2, 0) is 0 Å². The van der Waals surface area contributed by atoms with Gasteiger partial charge < -0.3 is 14.4 Å². The number of fused-ring (bicyclic) bond motifs is 3.